The molecule has 0 bridgehead atoms. The zero-order valence-electron chi connectivity index (χ0n) is 22.3. The van der Waals surface area contributed by atoms with Crippen LogP contribution in [0.3, 0.4) is 0 Å². The molecule has 8 nitrogen and oxygen atoms in total. The van der Waals surface area contributed by atoms with Gasteiger partial charge in [-0.15, -0.1) is 17.5 Å². The van der Waals surface area contributed by atoms with Crippen molar-refractivity contribution in [1.82, 2.24) is 34.8 Å². The number of carbonyl (C=O) groups excluding carboxylic acids is 1. The van der Waals surface area contributed by atoms with Crippen LogP contribution >= 0.6 is 12.4 Å². The van der Waals surface area contributed by atoms with E-state index in [-0.39, 0.29) is 18.3 Å². The molecule has 0 radical (unpaired) electrons. The third-order valence-electron chi connectivity index (χ3n) is 8.09. The molecule has 3 aromatic heterocycles. The van der Waals surface area contributed by atoms with Gasteiger partial charge in [0, 0.05) is 41.8 Å². The highest BCUT2D eigenvalue weighted by molar-refractivity contribution is 5.95. The molecule has 7 rings (SSSR count). The first-order chi connectivity index (χ1) is 19.2. The van der Waals surface area contributed by atoms with Crippen LogP contribution in [0.4, 0.5) is 0 Å². The quantitative estimate of drug-likeness (QED) is 0.287. The van der Waals surface area contributed by atoms with Gasteiger partial charge in [0.1, 0.15) is 5.52 Å². The molecule has 5 heterocycles. The predicted molar refractivity (Wildman–Crippen MR) is 159 cm³/mol. The van der Waals surface area contributed by atoms with Gasteiger partial charge in [0.2, 0.25) is 0 Å². The summed E-state index contributed by atoms with van der Waals surface area (Å²) in [5.74, 6) is 0.138. The molecule has 1 atom stereocenters. The highest BCUT2D eigenvalue weighted by atomic mass is 35.5. The van der Waals surface area contributed by atoms with Gasteiger partial charge in [0.25, 0.3) is 5.91 Å². The van der Waals surface area contributed by atoms with E-state index >= 15 is 0 Å². The first kappa shape index (κ1) is 26.3. The summed E-state index contributed by atoms with van der Waals surface area (Å²) in [4.78, 5) is 27.3. The van der Waals surface area contributed by atoms with Crippen LogP contribution in [0, 0.1) is 0 Å². The Morgan fingerprint density at radius 2 is 1.73 bits per heavy atom. The minimum atomic E-state index is 0. The molecule has 9 heteroatoms. The van der Waals surface area contributed by atoms with Gasteiger partial charge in [0.15, 0.2) is 5.65 Å². The van der Waals surface area contributed by atoms with Crippen LogP contribution in [0.2, 0.25) is 0 Å². The molecule has 2 saturated heterocycles. The van der Waals surface area contributed by atoms with Gasteiger partial charge in [-0.3, -0.25) is 9.78 Å². The summed E-state index contributed by atoms with van der Waals surface area (Å²) in [6.45, 7) is 4.75. The number of halogens is 1. The summed E-state index contributed by atoms with van der Waals surface area (Å²) in [6.07, 6.45) is 6.55. The molecule has 2 aliphatic heterocycles. The van der Waals surface area contributed by atoms with Crippen LogP contribution in [0.5, 0.6) is 0 Å². The molecule has 1 unspecified atom stereocenters. The lowest BCUT2D eigenvalue weighted by atomic mass is 10.1. The number of rotatable bonds is 6. The SMILES string of the molecule is Cl.O=C(c1ccc(-c2ccc3nnn(Cc4ccc5ncccc5c4)c3n2)cc1)N1CCCC1CN1CCCC1. The van der Waals surface area contributed by atoms with E-state index in [1.54, 1.807) is 6.20 Å². The first-order valence-electron chi connectivity index (χ1n) is 13.9. The molecule has 204 valence electrons. The highest BCUT2D eigenvalue weighted by Crippen LogP contribution is 2.25. The molecule has 2 aliphatic rings. The largest absolute Gasteiger partial charge is 0.334 e. The Balaban J connectivity index is 0.00000289. The van der Waals surface area contributed by atoms with E-state index in [2.05, 4.69) is 43.3 Å². The Morgan fingerprint density at radius 1 is 0.900 bits per heavy atom. The number of likely N-dealkylation sites (tertiary alicyclic amines) is 2. The molecular formula is C31H32ClN7O. The lowest BCUT2D eigenvalue weighted by molar-refractivity contribution is 0.0709. The molecule has 0 saturated carbocycles. The normalized spacial score (nSPS) is 17.5. The number of pyridine rings is 2. The molecule has 0 N–H and O–H groups in total. The molecule has 5 aromatic rings. The second-order valence-corrected chi connectivity index (χ2v) is 10.7. The Bertz CT molecular complexity index is 1650. The summed E-state index contributed by atoms with van der Waals surface area (Å²) in [7, 11) is 0. The van der Waals surface area contributed by atoms with Crippen molar-refractivity contribution in [3.63, 3.8) is 0 Å². The number of carbonyl (C=O) groups is 1. The summed E-state index contributed by atoms with van der Waals surface area (Å²) in [5.41, 5.74) is 6.12. The van der Waals surface area contributed by atoms with Crippen LogP contribution in [-0.2, 0) is 6.54 Å². The maximum absolute atomic E-state index is 13.4. The Kier molecular flexibility index (Phi) is 7.45. The second kappa shape index (κ2) is 11.3. The number of nitrogens with zero attached hydrogens (tertiary/aromatic N) is 7. The van der Waals surface area contributed by atoms with Crippen LogP contribution in [-0.4, -0.2) is 72.9 Å². The number of amides is 1. The average molecular weight is 554 g/mol. The van der Waals surface area contributed by atoms with Gasteiger partial charge in [-0.1, -0.05) is 29.5 Å². The van der Waals surface area contributed by atoms with Crippen molar-refractivity contribution in [2.24, 2.45) is 0 Å². The summed E-state index contributed by atoms with van der Waals surface area (Å²) in [5, 5.41) is 9.78. The van der Waals surface area contributed by atoms with Gasteiger partial charge in [-0.25, -0.2) is 9.67 Å². The predicted octanol–water partition coefficient (Wildman–Crippen LogP) is 5.21. The maximum Gasteiger partial charge on any atom is 0.254 e. The van der Waals surface area contributed by atoms with E-state index in [1.807, 2.05) is 53.2 Å². The third kappa shape index (κ3) is 5.17. The van der Waals surface area contributed by atoms with Crippen molar-refractivity contribution in [2.45, 2.75) is 38.3 Å². The highest BCUT2D eigenvalue weighted by Gasteiger charge is 2.31. The smallest absolute Gasteiger partial charge is 0.254 e. The van der Waals surface area contributed by atoms with E-state index in [9.17, 15) is 4.79 Å². The van der Waals surface area contributed by atoms with Crippen molar-refractivity contribution < 1.29 is 4.79 Å². The number of fused-ring (bicyclic) bond motifs is 2. The zero-order valence-corrected chi connectivity index (χ0v) is 23.1. The molecule has 1 amide bonds. The second-order valence-electron chi connectivity index (χ2n) is 10.7. The topological polar surface area (TPSA) is 80.0 Å². The zero-order chi connectivity index (χ0) is 26.2. The van der Waals surface area contributed by atoms with Crippen molar-refractivity contribution in [3.8, 4) is 11.3 Å². The number of hydrogen-bond acceptors (Lipinski definition) is 6. The monoisotopic (exact) mass is 553 g/mol. The Labute approximate surface area is 239 Å². The van der Waals surface area contributed by atoms with E-state index in [4.69, 9.17) is 4.98 Å². The number of aromatic nitrogens is 5. The van der Waals surface area contributed by atoms with Crippen LogP contribution < -0.4 is 0 Å². The first-order valence-corrected chi connectivity index (χ1v) is 13.9. The van der Waals surface area contributed by atoms with Gasteiger partial charge >= 0.3 is 0 Å². The average Bonchev–Trinajstić information content (AvgIpc) is 3.75. The summed E-state index contributed by atoms with van der Waals surface area (Å²) >= 11 is 0. The fourth-order valence-electron chi connectivity index (χ4n) is 6.02. The van der Waals surface area contributed by atoms with Crippen molar-refractivity contribution in [1.29, 1.82) is 0 Å². The lowest BCUT2D eigenvalue weighted by Crippen LogP contribution is -2.42. The third-order valence-corrected chi connectivity index (χ3v) is 8.09. The van der Waals surface area contributed by atoms with Gasteiger partial charge in [-0.05, 0) is 86.8 Å². The summed E-state index contributed by atoms with van der Waals surface area (Å²) < 4.78 is 1.84. The molecule has 2 aromatic carbocycles. The minimum absolute atomic E-state index is 0. The molecule has 0 aliphatic carbocycles. The lowest BCUT2D eigenvalue weighted by Gasteiger charge is -2.28. The van der Waals surface area contributed by atoms with Crippen LogP contribution in [0.15, 0.2) is 72.9 Å². The van der Waals surface area contributed by atoms with Gasteiger partial charge < -0.3 is 9.80 Å². The standard InChI is InChI=1S/C31H31N7O.ClH/c39-31(37-18-4-6-26(37)21-36-16-1-2-17-36)24-10-8-23(9-11-24)28-13-14-29-30(33-28)38(35-34-29)20-22-7-12-27-25(19-22)5-3-15-32-27;/h3,5,7-15,19,26H,1-2,4,6,16-18,20-21H2;1H. The van der Waals surface area contributed by atoms with Gasteiger partial charge in [0.05, 0.1) is 17.8 Å². The van der Waals surface area contributed by atoms with Crippen LogP contribution in [0.1, 0.15) is 41.6 Å². The number of hydrogen-bond donors (Lipinski definition) is 0. The van der Waals surface area contributed by atoms with E-state index < -0.39 is 0 Å². The minimum Gasteiger partial charge on any atom is -0.334 e. The molecular weight excluding hydrogens is 522 g/mol. The van der Waals surface area contributed by atoms with E-state index in [0.717, 1.165) is 70.4 Å². The van der Waals surface area contributed by atoms with E-state index in [0.29, 0.717) is 12.6 Å². The van der Waals surface area contributed by atoms with Crippen molar-refractivity contribution in [2.75, 3.05) is 26.2 Å². The van der Waals surface area contributed by atoms with Crippen LogP contribution in [0.25, 0.3) is 33.3 Å². The maximum atomic E-state index is 13.4. The molecule has 0 spiro atoms. The van der Waals surface area contributed by atoms with E-state index in [1.165, 1.54) is 25.9 Å². The molecule has 40 heavy (non-hydrogen) atoms. The van der Waals surface area contributed by atoms with Crippen molar-refractivity contribution >= 4 is 40.4 Å². The Morgan fingerprint density at radius 3 is 2.58 bits per heavy atom. The number of benzene rings is 2. The van der Waals surface area contributed by atoms with Crippen molar-refractivity contribution in [3.05, 3.63) is 84.1 Å². The Hall–Kier alpha value is -3.88. The summed E-state index contributed by atoms with van der Waals surface area (Å²) in [6, 6.07) is 22.4. The van der Waals surface area contributed by atoms with Gasteiger partial charge in [-0.2, -0.15) is 0 Å². The molecule has 2 fully saturated rings. The fraction of sp³-hybridized carbons (Fsp3) is 0.323. The fourth-order valence-corrected chi connectivity index (χ4v) is 6.02.